The van der Waals surface area contributed by atoms with Crippen LogP contribution in [-0.4, -0.2) is 39.3 Å². The highest BCUT2D eigenvalue weighted by Crippen LogP contribution is 2.31. The zero-order valence-corrected chi connectivity index (χ0v) is 12.2. The second-order valence-electron chi connectivity index (χ2n) is 6.30. The number of ether oxygens (including phenoxy) is 1. The van der Waals surface area contributed by atoms with Crippen LogP contribution in [-0.2, 0) is 9.53 Å². The number of carbonyl (C=O) groups excluding carboxylic acids is 1. The van der Waals surface area contributed by atoms with Gasteiger partial charge in [-0.2, -0.15) is 0 Å². The van der Waals surface area contributed by atoms with Crippen molar-refractivity contribution < 1.29 is 9.53 Å². The van der Waals surface area contributed by atoms with E-state index in [1.807, 2.05) is 0 Å². The van der Waals surface area contributed by atoms with E-state index >= 15 is 0 Å². The molecule has 110 valence electrons. The zero-order chi connectivity index (χ0) is 13.6. The van der Waals surface area contributed by atoms with E-state index in [1.54, 1.807) is 7.11 Å². The van der Waals surface area contributed by atoms with Gasteiger partial charge in [-0.15, -0.1) is 0 Å². The lowest BCUT2D eigenvalue weighted by molar-refractivity contribution is -0.122. The van der Waals surface area contributed by atoms with Gasteiger partial charge in [0.1, 0.15) is 0 Å². The van der Waals surface area contributed by atoms with E-state index in [2.05, 4.69) is 10.6 Å². The lowest BCUT2D eigenvalue weighted by Gasteiger charge is -2.37. The minimum Gasteiger partial charge on any atom is -0.384 e. The summed E-state index contributed by atoms with van der Waals surface area (Å²) >= 11 is 0. The Morgan fingerprint density at radius 2 is 2.11 bits per heavy atom. The molecule has 2 N–H and O–H groups in total. The number of methoxy groups -OCH3 is 1. The van der Waals surface area contributed by atoms with Crippen molar-refractivity contribution in [3.63, 3.8) is 0 Å². The van der Waals surface area contributed by atoms with Crippen molar-refractivity contribution in [1.29, 1.82) is 0 Å². The molecule has 1 aliphatic carbocycles. The Hall–Kier alpha value is -0.610. The maximum absolute atomic E-state index is 11.9. The summed E-state index contributed by atoms with van der Waals surface area (Å²) in [6.07, 6.45) is 7.96. The number of rotatable bonds is 7. The van der Waals surface area contributed by atoms with E-state index in [4.69, 9.17) is 4.74 Å². The topological polar surface area (TPSA) is 50.4 Å². The predicted molar refractivity (Wildman–Crippen MR) is 76.0 cm³/mol. The Morgan fingerprint density at radius 1 is 1.37 bits per heavy atom. The third kappa shape index (κ3) is 4.46. The van der Waals surface area contributed by atoms with Gasteiger partial charge in [0, 0.05) is 25.5 Å². The van der Waals surface area contributed by atoms with Crippen LogP contribution in [0.15, 0.2) is 0 Å². The third-order valence-electron chi connectivity index (χ3n) is 4.78. The summed E-state index contributed by atoms with van der Waals surface area (Å²) in [5.41, 5.74) is 0.145. The van der Waals surface area contributed by atoms with Gasteiger partial charge in [0.2, 0.25) is 5.91 Å². The number of piperidine rings is 1. The molecule has 4 heteroatoms. The monoisotopic (exact) mass is 268 g/mol. The summed E-state index contributed by atoms with van der Waals surface area (Å²) in [6.45, 7) is 3.58. The van der Waals surface area contributed by atoms with Crippen LogP contribution in [0.1, 0.15) is 44.9 Å². The van der Waals surface area contributed by atoms with Crippen molar-refractivity contribution in [2.24, 2.45) is 11.3 Å². The molecule has 1 amide bonds. The van der Waals surface area contributed by atoms with Gasteiger partial charge in [0.05, 0.1) is 6.61 Å². The maximum Gasteiger partial charge on any atom is 0.220 e. The fraction of sp³-hybridized carbons (Fsp3) is 0.933. The molecule has 2 rings (SSSR count). The minimum atomic E-state index is 0.145. The molecule has 1 heterocycles. The Balaban J connectivity index is 1.69. The summed E-state index contributed by atoms with van der Waals surface area (Å²) < 4.78 is 5.36. The van der Waals surface area contributed by atoms with Crippen molar-refractivity contribution >= 4 is 5.91 Å². The molecule has 1 aliphatic heterocycles. The molecule has 0 aromatic heterocycles. The van der Waals surface area contributed by atoms with Crippen LogP contribution in [0.4, 0.5) is 0 Å². The minimum absolute atomic E-state index is 0.145. The van der Waals surface area contributed by atoms with Crippen molar-refractivity contribution in [3.05, 3.63) is 0 Å². The standard InChI is InChI=1S/C15H28N2O2/c1-19-12-15(7-9-16-10-8-15)11-17-14(18)6-5-13-3-2-4-13/h13,16H,2-12H2,1H3,(H,17,18). The molecule has 0 aromatic rings. The Kier molecular flexibility index (Phi) is 5.64. The highest BCUT2D eigenvalue weighted by atomic mass is 16.5. The fourth-order valence-corrected chi connectivity index (χ4v) is 3.13. The average molecular weight is 268 g/mol. The molecule has 0 atom stereocenters. The van der Waals surface area contributed by atoms with Gasteiger partial charge < -0.3 is 15.4 Å². The molecule has 2 aliphatic rings. The lowest BCUT2D eigenvalue weighted by Crippen LogP contribution is -2.47. The van der Waals surface area contributed by atoms with Crippen molar-refractivity contribution in [1.82, 2.24) is 10.6 Å². The predicted octanol–water partition coefficient (Wildman–Crippen LogP) is 1.70. The summed E-state index contributed by atoms with van der Waals surface area (Å²) in [5, 5.41) is 6.51. The summed E-state index contributed by atoms with van der Waals surface area (Å²) in [4.78, 5) is 11.9. The molecule has 1 saturated carbocycles. The summed E-state index contributed by atoms with van der Waals surface area (Å²) in [6, 6.07) is 0. The van der Waals surface area contributed by atoms with Crippen LogP contribution in [0.25, 0.3) is 0 Å². The molecule has 1 saturated heterocycles. The zero-order valence-electron chi connectivity index (χ0n) is 12.2. The van der Waals surface area contributed by atoms with Gasteiger partial charge in [-0.1, -0.05) is 19.3 Å². The number of carbonyl (C=O) groups is 1. The van der Waals surface area contributed by atoms with Gasteiger partial charge in [0.25, 0.3) is 0 Å². The Morgan fingerprint density at radius 3 is 2.68 bits per heavy atom. The van der Waals surface area contributed by atoms with Gasteiger partial charge in [-0.05, 0) is 38.3 Å². The first kappa shape index (κ1) is 14.8. The van der Waals surface area contributed by atoms with Crippen LogP contribution in [0.2, 0.25) is 0 Å². The number of hydrogen-bond acceptors (Lipinski definition) is 3. The molecule has 0 radical (unpaired) electrons. The normalized spacial score (nSPS) is 22.8. The molecule has 4 nitrogen and oxygen atoms in total. The van der Waals surface area contributed by atoms with Crippen molar-refractivity contribution in [2.75, 3.05) is 33.4 Å². The molecule has 0 spiro atoms. The Bertz CT molecular complexity index is 278. The first-order chi connectivity index (χ1) is 9.24. The molecular weight excluding hydrogens is 240 g/mol. The van der Waals surface area contributed by atoms with Crippen LogP contribution in [0, 0.1) is 11.3 Å². The highest BCUT2D eigenvalue weighted by molar-refractivity contribution is 5.75. The SMILES string of the molecule is COCC1(CNC(=O)CCC2CCC2)CCNCC1. The molecular formula is C15H28N2O2. The van der Waals surface area contributed by atoms with E-state index in [0.717, 1.165) is 51.4 Å². The molecule has 0 bridgehead atoms. The number of amides is 1. The van der Waals surface area contributed by atoms with Crippen molar-refractivity contribution in [3.8, 4) is 0 Å². The number of hydrogen-bond donors (Lipinski definition) is 2. The highest BCUT2D eigenvalue weighted by Gasteiger charge is 2.32. The van der Waals surface area contributed by atoms with E-state index in [9.17, 15) is 4.79 Å². The average Bonchev–Trinajstić information content (AvgIpc) is 2.36. The third-order valence-corrected chi connectivity index (χ3v) is 4.78. The molecule has 0 unspecified atom stereocenters. The maximum atomic E-state index is 11.9. The van der Waals surface area contributed by atoms with Crippen LogP contribution in [0.5, 0.6) is 0 Å². The molecule has 19 heavy (non-hydrogen) atoms. The lowest BCUT2D eigenvalue weighted by atomic mass is 9.79. The van der Waals surface area contributed by atoms with E-state index < -0.39 is 0 Å². The Labute approximate surface area is 116 Å². The van der Waals surface area contributed by atoms with E-state index in [-0.39, 0.29) is 11.3 Å². The van der Waals surface area contributed by atoms with Crippen LogP contribution < -0.4 is 10.6 Å². The smallest absolute Gasteiger partial charge is 0.220 e. The van der Waals surface area contributed by atoms with E-state index in [1.165, 1.54) is 19.3 Å². The van der Waals surface area contributed by atoms with Gasteiger partial charge >= 0.3 is 0 Å². The second kappa shape index (κ2) is 7.25. The summed E-state index contributed by atoms with van der Waals surface area (Å²) in [7, 11) is 1.75. The molecule has 2 fully saturated rings. The van der Waals surface area contributed by atoms with Gasteiger partial charge in [-0.25, -0.2) is 0 Å². The largest absolute Gasteiger partial charge is 0.384 e. The second-order valence-corrected chi connectivity index (χ2v) is 6.30. The van der Waals surface area contributed by atoms with Gasteiger partial charge in [0.15, 0.2) is 0 Å². The van der Waals surface area contributed by atoms with Crippen LogP contribution in [0.3, 0.4) is 0 Å². The van der Waals surface area contributed by atoms with Gasteiger partial charge in [-0.3, -0.25) is 4.79 Å². The van der Waals surface area contributed by atoms with E-state index in [0.29, 0.717) is 6.42 Å². The van der Waals surface area contributed by atoms with Crippen LogP contribution >= 0.6 is 0 Å². The van der Waals surface area contributed by atoms with Crippen molar-refractivity contribution in [2.45, 2.75) is 44.9 Å². The first-order valence-corrected chi connectivity index (χ1v) is 7.70. The summed E-state index contributed by atoms with van der Waals surface area (Å²) in [5.74, 6) is 1.04. The fourth-order valence-electron chi connectivity index (χ4n) is 3.13. The quantitative estimate of drug-likeness (QED) is 0.739. The first-order valence-electron chi connectivity index (χ1n) is 7.70. The molecule has 0 aromatic carbocycles. The number of nitrogens with one attached hydrogen (secondary N) is 2.